The van der Waals surface area contributed by atoms with Gasteiger partial charge in [0.05, 0.1) is 34.9 Å². The van der Waals surface area contributed by atoms with Crippen LogP contribution >= 0.6 is 0 Å². The number of benzene rings is 1. The first-order valence-corrected chi connectivity index (χ1v) is 12.9. The third-order valence-electron chi connectivity index (χ3n) is 6.57. The second-order valence-corrected chi connectivity index (χ2v) is 10.9. The van der Waals surface area contributed by atoms with Gasteiger partial charge < -0.3 is 15.0 Å². The average molecular weight is 563 g/mol. The van der Waals surface area contributed by atoms with E-state index in [-0.39, 0.29) is 36.1 Å². The maximum atomic E-state index is 15.1. The summed E-state index contributed by atoms with van der Waals surface area (Å²) in [4.78, 5) is 35.0. The van der Waals surface area contributed by atoms with E-state index in [2.05, 4.69) is 20.4 Å². The molecule has 212 valence electrons. The van der Waals surface area contributed by atoms with E-state index in [4.69, 9.17) is 4.74 Å². The Hall–Kier alpha value is -4.86. The number of imidazole rings is 1. The van der Waals surface area contributed by atoms with Crippen LogP contribution in [0.1, 0.15) is 49.4 Å². The molecule has 2 atom stereocenters. The number of alkyl halides is 1. The van der Waals surface area contributed by atoms with Gasteiger partial charge in [-0.3, -0.25) is 9.36 Å². The van der Waals surface area contributed by atoms with Gasteiger partial charge in [-0.2, -0.15) is 10.4 Å². The number of hydrogen-bond acceptors (Lipinski definition) is 8. The summed E-state index contributed by atoms with van der Waals surface area (Å²) in [7, 11) is 0. The quantitative estimate of drug-likeness (QED) is 0.352. The number of aryl methyl sites for hydroxylation is 1. The number of likely N-dealkylation sites (tertiary alicyclic amines) is 1. The van der Waals surface area contributed by atoms with Crippen LogP contribution < -0.4 is 5.32 Å². The first-order valence-electron chi connectivity index (χ1n) is 12.9. The number of ketones is 1. The number of nitriles is 1. The van der Waals surface area contributed by atoms with Crippen LogP contribution in [0.15, 0.2) is 36.7 Å². The summed E-state index contributed by atoms with van der Waals surface area (Å²) in [6.07, 6.45) is -0.618. The molecule has 0 spiro atoms. The molecule has 11 nitrogen and oxygen atoms in total. The highest BCUT2D eigenvalue weighted by Crippen LogP contribution is 2.28. The standard InChI is InChI=1S/C28H28F2N8O3/c1-15-8-17(11-31)35-38(15)26-18(16(2)39)6-7-25(34-26)37-14-32-22-9-19(29)21(10-24(22)37)33-23-13-36(12-20(23)30)27(40)41-28(3,4)5/h6-10,14,20,23,33H,12-13H2,1-5H3/t20-,23+/m1/s1. The summed E-state index contributed by atoms with van der Waals surface area (Å²) in [6.45, 7) is 8.14. The summed E-state index contributed by atoms with van der Waals surface area (Å²) < 4.78 is 38.3. The van der Waals surface area contributed by atoms with Gasteiger partial charge in [-0.25, -0.2) is 28.2 Å². The zero-order chi connectivity index (χ0) is 29.6. The molecule has 4 heterocycles. The van der Waals surface area contributed by atoms with Crippen molar-refractivity contribution >= 4 is 28.6 Å². The Bertz CT molecular complexity index is 1720. The first-order chi connectivity index (χ1) is 19.3. The van der Waals surface area contributed by atoms with Crippen LogP contribution in [-0.2, 0) is 4.74 Å². The van der Waals surface area contributed by atoms with Crippen molar-refractivity contribution in [2.75, 3.05) is 18.4 Å². The molecule has 1 saturated heterocycles. The molecule has 1 amide bonds. The number of Topliss-reactive ketones (excluding diaryl/α,β-unsaturated/α-hetero) is 1. The van der Waals surface area contributed by atoms with E-state index in [0.29, 0.717) is 28.1 Å². The van der Waals surface area contributed by atoms with Gasteiger partial charge in [-0.15, -0.1) is 0 Å². The Morgan fingerprint density at radius 2 is 1.95 bits per heavy atom. The molecule has 1 N–H and O–H groups in total. The molecule has 0 unspecified atom stereocenters. The van der Waals surface area contributed by atoms with Gasteiger partial charge in [0.1, 0.15) is 35.8 Å². The van der Waals surface area contributed by atoms with Crippen molar-refractivity contribution in [3.8, 4) is 17.7 Å². The van der Waals surface area contributed by atoms with Gasteiger partial charge in [0.2, 0.25) is 0 Å². The second-order valence-electron chi connectivity index (χ2n) is 10.9. The van der Waals surface area contributed by atoms with Crippen molar-refractivity contribution in [1.29, 1.82) is 5.26 Å². The molecule has 13 heteroatoms. The number of pyridine rings is 1. The van der Waals surface area contributed by atoms with Crippen LogP contribution in [-0.4, -0.2) is 72.0 Å². The summed E-state index contributed by atoms with van der Waals surface area (Å²) in [5.74, 6) is -0.291. The third-order valence-corrected chi connectivity index (χ3v) is 6.57. The molecular formula is C28H28F2N8O3. The zero-order valence-electron chi connectivity index (χ0n) is 23.1. The second kappa shape index (κ2) is 10.3. The highest BCUT2D eigenvalue weighted by Gasteiger charge is 2.37. The number of ether oxygens (including phenoxy) is 1. The van der Waals surface area contributed by atoms with Gasteiger partial charge >= 0.3 is 6.09 Å². The van der Waals surface area contributed by atoms with Crippen molar-refractivity contribution < 1.29 is 23.1 Å². The highest BCUT2D eigenvalue weighted by atomic mass is 19.1. The average Bonchev–Trinajstić information content (AvgIpc) is 3.59. The minimum Gasteiger partial charge on any atom is -0.444 e. The number of nitrogens with zero attached hydrogens (tertiary/aromatic N) is 7. The van der Waals surface area contributed by atoms with E-state index in [9.17, 15) is 19.2 Å². The van der Waals surface area contributed by atoms with Gasteiger partial charge in [0.15, 0.2) is 17.3 Å². The van der Waals surface area contributed by atoms with Crippen LogP contribution in [0.5, 0.6) is 0 Å². The van der Waals surface area contributed by atoms with E-state index in [1.165, 1.54) is 35.0 Å². The number of aromatic nitrogens is 5. The third kappa shape index (κ3) is 5.45. The molecule has 0 bridgehead atoms. The Balaban J connectivity index is 1.49. The molecule has 0 radical (unpaired) electrons. The lowest BCUT2D eigenvalue weighted by atomic mass is 10.1. The molecule has 3 aromatic heterocycles. The lowest BCUT2D eigenvalue weighted by Crippen LogP contribution is -2.36. The fraction of sp³-hybridized carbons (Fsp3) is 0.357. The molecule has 4 aromatic rings. The number of nitrogens with one attached hydrogen (secondary N) is 1. The number of hydrogen-bond donors (Lipinski definition) is 1. The van der Waals surface area contributed by atoms with Crippen molar-refractivity contribution in [3.63, 3.8) is 0 Å². The van der Waals surface area contributed by atoms with Gasteiger partial charge in [-0.05, 0) is 58.9 Å². The molecule has 1 aromatic carbocycles. The SMILES string of the molecule is CC(=O)c1ccc(-n2cnc3cc(F)c(N[C@H]4CN(C(=O)OC(C)(C)C)C[C@H]4F)cc32)nc1-n1nc(C#N)cc1C. The zero-order valence-corrected chi connectivity index (χ0v) is 23.1. The molecule has 41 heavy (non-hydrogen) atoms. The fourth-order valence-electron chi connectivity index (χ4n) is 4.65. The number of carbonyl (C=O) groups is 2. The van der Waals surface area contributed by atoms with Crippen LogP contribution in [0, 0.1) is 24.1 Å². The van der Waals surface area contributed by atoms with Crippen molar-refractivity contribution in [2.45, 2.75) is 52.4 Å². The molecule has 0 saturated carbocycles. The normalized spacial score (nSPS) is 17.1. The molecule has 1 aliphatic rings. The number of amides is 1. The Kier molecular flexibility index (Phi) is 6.94. The Labute approximate surface area is 234 Å². The predicted molar refractivity (Wildman–Crippen MR) is 146 cm³/mol. The Morgan fingerprint density at radius 1 is 1.20 bits per heavy atom. The van der Waals surface area contributed by atoms with E-state index in [0.717, 1.165) is 0 Å². The number of halogens is 2. The van der Waals surface area contributed by atoms with Gasteiger partial charge in [0.25, 0.3) is 0 Å². The van der Waals surface area contributed by atoms with Crippen LogP contribution in [0.2, 0.25) is 0 Å². The number of carbonyl (C=O) groups excluding carboxylic acids is 2. The summed E-state index contributed by atoms with van der Waals surface area (Å²) in [6, 6.07) is 8.64. The van der Waals surface area contributed by atoms with E-state index in [1.807, 2.05) is 6.07 Å². The van der Waals surface area contributed by atoms with Gasteiger partial charge in [0, 0.05) is 18.3 Å². The minimum atomic E-state index is -1.44. The maximum absolute atomic E-state index is 15.1. The van der Waals surface area contributed by atoms with E-state index < -0.39 is 29.7 Å². The number of anilines is 1. The summed E-state index contributed by atoms with van der Waals surface area (Å²) in [5.41, 5.74) is 1.17. The fourth-order valence-corrected chi connectivity index (χ4v) is 4.65. The Morgan fingerprint density at radius 3 is 2.61 bits per heavy atom. The number of rotatable bonds is 5. The lowest BCUT2D eigenvalue weighted by molar-refractivity contribution is 0.0283. The lowest BCUT2D eigenvalue weighted by Gasteiger charge is -2.24. The largest absolute Gasteiger partial charge is 0.444 e. The van der Waals surface area contributed by atoms with Crippen LogP contribution in [0.25, 0.3) is 22.7 Å². The molecule has 0 aliphatic carbocycles. The van der Waals surface area contributed by atoms with E-state index >= 15 is 4.39 Å². The van der Waals surface area contributed by atoms with Crippen LogP contribution in [0.3, 0.4) is 0 Å². The maximum Gasteiger partial charge on any atom is 0.410 e. The molecule has 1 fully saturated rings. The van der Waals surface area contributed by atoms with E-state index in [1.54, 1.807) is 50.5 Å². The predicted octanol–water partition coefficient (Wildman–Crippen LogP) is 4.50. The van der Waals surface area contributed by atoms with Crippen molar-refractivity contribution in [1.82, 2.24) is 29.2 Å². The summed E-state index contributed by atoms with van der Waals surface area (Å²) in [5, 5.41) is 16.4. The van der Waals surface area contributed by atoms with Crippen molar-refractivity contribution in [2.24, 2.45) is 0 Å². The first kappa shape index (κ1) is 27.7. The van der Waals surface area contributed by atoms with Crippen molar-refractivity contribution in [3.05, 3.63) is 59.4 Å². The monoisotopic (exact) mass is 562 g/mol. The van der Waals surface area contributed by atoms with Gasteiger partial charge in [-0.1, -0.05) is 0 Å². The topological polar surface area (TPSA) is 131 Å². The number of fused-ring (bicyclic) bond motifs is 1. The highest BCUT2D eigenvalue weighted by molar-refractivity contribution is 5.97. The molecule has 5 rings (SSSR count). The summed E-state index contributed by atoms with van der Waals surface area (Å²) >= 11 is 0. The minimum absolute atomic E-state index is 0.00184. The molecule has 1 aliphatic heterocycles. The van der Waals surface area contributed by atoms with Crippen LogP contribution in [0.4, 0.5) is 19.3 Å². The smallest absolute Gasteiger partial charge is 0.410 e. The molecular weight excluding hydrogens is 534 g/mol.